The first-order chi connectivity index (χ1) is 10.6. The fourth-order valence-corrected chi connectivity index (χ4v) is 2.98. The van der Waals surface area contributed by atoms with Crippen molar-refractivity contribution in [3.63, 3.8) is 0 Å². The van der Waals surface area contributed by atoms with Crippen LogP contribution in [0, 0.1) is 0 Å². The number of nitrogens with zero attached hydrogens (tertiary/aromatic N) is 5. The second kappa shape index (κ2) is 9.84. The molecule has 10 heteroatoms. The molecule has 8 nitrogen and oxygen atoms in total. The SMILES string of the molecule is CCCCN(CC(=O)[C@@H]1CCCN1)C(=O)Sc1nnnn1C.Cl. The number of aryl methyl sites for hydroxylation is 1. The summed E-state index contributed by atoms with van der Waals surface area (Å²) in [6.45, 7) is 3.66. The molecule has 0 aliphatic carbocycles. The Labute approximate surface area is 146 Å². The van der Waals surface area contributed by atoms with Gasteiger partial charge in [0.1, 0.15) is 0 Å². The number of rotatable bonds is 7. The summed E-state index contributed by atoms with van der Waals surface area (Å²) in [7, 11) is 1.68. The molecule has 0 saturated carbocycles. The molecule has 1 atom stereocenters. The number of halogens is 1. The maximum atomic E-state index is 12.4. The topological polar surface area (TPSA) is 93.0 Å². The first-order valence-corrected chi connectivity index (χ1v) is 8.38. The van der Waals surface area contributed by atoms with E-state index in [1.807, 2.05) is 0 Å². The number of hydrogen-bond acceptors (Lipinski definition) is 7. The van der Waals surface area contributed by atoms with Crippen molar-refractivity contribution in [1.29, 1.82) is 0 Å². The van der Waals surface area contributed by atoms with E-state index in [9.17, 15) is 9.59 Å². The van der Waals surface area contributed by atoms with Gasteiger partial charge in [0, 0.05) is 25.4 Å². The predicted octanol–water partition coefficient (Wildman–Crippen LogP) is 1.27. The van der Waals surface area contributed by atoms with E-state index in [4.69, 9.17) is 0 Å². The van der Waals surface area contributed by atoms with Crippen molar-refractivity contribution >= 4 is 35.2 Å². The minimum atomic E-state index is -0.183. The van der Waals surface area contributed by atoms with Gasteiger partial charge in [-0.25, -0.2) is 4.68 Å². The Morgan fingerprint density at radius 1 is 1.48 bits per heavy atom. The Morgan fingerprint density at radius 3 is 2.83 bits per heavy atom. The van der Waals surface area contributed by atoms with Crippen LogP contribution in [0.1, 0.15) is 32.6 Å². The number of thioether (sulfide) groups is 1. The lowest BCUT2D eigenvalue weighted by atomic mass is 10.1. The van der Waals surface area contributed by atoms with Crippen LogP contribution in [-0.4, -0.2) is 61.8 Å². The number of nitrogens with one attached hydrogen (secondary N) is 1. The summed E-state index contributed by atoms with van der Waals surface area (Å²) in [6.07, 6.45) is 3.71. The summed E-state index contributed by atoms with van der Waals surface area (Å²) in [5.74, 6) is 0.0821. The van der Waals surface area contributed by atoms with Gasteiger partial charge in [0.2, 0.25) is 5.16 Å². The van der Waals surface area contributed by atoms with Crippen LogP contribution in [0.5, 0.6) is 0 Å². The Balaban J connectivity index is 0.00000264. The van der Waals surface area contributed by atoms with Gasteiger partial charge in [-0.2, -0.15) is 0 Å². The number of amides is 1. The number of carbonyl (C=O) groups is 2. The van der Waals surface area contributed by atoms with Gasteiger partial charge in [-0.15, -0.1) is 17.5 Å². The van der Waals surface area contributed by atoms with Crippen molar-refractivity contribution in [2.45, 2.75) is 43.8 Å². The number of ketones is 1. The van der Waals surface area contributed by atoms with E-state index in [2.05, 4.69) is 27.8 Å². The van der Waals surface area contributed by atoms with Gasteiger partial charge in [0.25, 0.3) is 5.24 Å². The molecule has 1 aliphatic heterocycles. The van der Waals surface area contributed by atoms with Crippen molar-refractivity contribution in [2.75, 3.05) is 19.6 Å². The van der Waals surface area contributed by atoms with Gasteiger partial charge in [0.05, 0.1) is 12.6 Å². The van der Waals surface area contributed by atoms with E-state index in [0.717, 1.165) is 44.0 Å². The highest BCUT2D eigenvalue weighted by Gasteiger charge is 2.26. The molecule has 23 heavy (non-hydrogen) atoms. The number of unbranched alkanes of at least 4 members (excludes halogenated alkanes) is 1. The predicted molar refractivity (Wildman–Crippen MR) is 89.8 cm³/mol. The van der Waals surface area contributed by atoms with Crippen LogP contribution in [0.2, 0.25) is 0 Å². The Hall–Kier alpha value is -1.19. The first kappa shape index (κ1) is 19.9. The van der Waals surface area contributed by atoms with Crippen LogP contribution in [0.4, 0.5) is 4.79 Å². The van der Waals surface area contributed by atoms with Gasteiger partial charge >= 0.3 is 0 Å². The van der Waals surface area contributed by atoms with Crippen molar-refractivity contribution in [3.8, 4) is 0 Å². The molecule has 1 aromatic rings. The number of aromatic nitrogens is 4. The van der Waals surface area contributed by atoms with Crippen molar-refractivity contribution in [2.24, 2.45) is 7.05 Å². The molecule has 1 N–H and O–H groups in total. The normalized spacial score (nSPS) is 16.9. The highest BCUT2D eigenvalue weighted by Crippen LogP contribution is 2.18. The van der Waals surface area contributed by atoms with Crippen LogP contribution >= 0.6 is 24.2 Å². The smallest absolute Gasteiger partial charge is 0.289 e. The molecule has 1 fully saturated rings. The van der Waals surface area contributed by atoms with Crippen LogP contribution in [-0.2, 0) is 11.8 Å². The molecule has 0 spiro atoms. The molecule has 1 saturated heterocycles. The zero-order chi connectivity index (χ0) is 15.9. The number of carbonyl (C=O) groups excluding carboxylic acids is 2. The second-order valence-corrected chi connectivity index (χ2v) is 6.26. The van der Waals surface area contributed by atoms with E-state index in [-0.39, 0.29) is 36.0 Å². The van der Waals surface area contributed by atoms with Crippen molar-refractivity contribution in [3.05, 3.63) is 0 Å². The molecule has 1 aromatic heterocycles. The Bertz CT molecular complexity index is 520. The third kappa shape index (κ3) is 5.74. The van der Waals surface area contributed by atoms with Crippen LogP contribution < -0.4 is 5.32 Å². The Kier molecular flexibility index (Phi) is 8.49. The summed E-state index contributed by atoms with van der Waals surface area (Å²) >= 11 is 0.961. The molecule has 0 aromatic carbocycles. The van der Waals surface area contributed by atoms with Gasteiger partial charge < -0.3 is 10.2 Å². The number of tetrazole rings is 1. The van der Waals surface area contributed by atoms with Crippen molar-refractivity contribution in [1.82, 2.24) is 30.4 Å². The molecule has 0 bridgehead atoms. The fraction of sp³-hybridized carbons (Fsp3) is 0.769. The summed E-state index contributed by atoms with van der Waals surface area (Å²) in [5.41, 5.74) is 0. The van der Waals surface area contributed by atoms with Crippen molar-refractivity contribution < 1.29 is 9.59 Å². The third-order valence-corrected chi connectivity index (χ3v) is 4.56. The zero-order valence-electron chi connectivity index (χ0n) is 13.4. The van der Waals surface area contributed by atoms with Gasteiger partial charge in [-0.1, -0.05) is 13.3 Å². The molecule has 0 unspecified atom stereocenters. The number of Topliss-reactive ketones (excluding diaryl/α,β-unsaturated/α-hetero) is 1. The lowest BCUT2D eigenvalue weighted by Crippen LogP contribution is -2.41. The summed E-state index contributed by atoms with van der Waals surface area (Å²) < 4.78 is 1.45. The molecule has 0 radical (unpaired) electrons. The summed E-state index contributed by atoms with van der Waals surface area (Å²) in [4.78, 5) is 26.3. The van der Waals surface area contributed by atoms with Crippen LogP contribution in [0.3, 0.4) is 0 Å². The maximum Gasteiger partial charge on any atom is 0.289 e. The molecular weight excluding hydrogens is 340 g/mol. The minimum Gasteiger partial charge on any atom is -0.326 e. The average Bonchev–Trinajstić information content (AvgIpc) is 3.15. The van der Waals surface area contributed by atoms with Gasteiger partial charge in [-0.3, -0.25) is 9.59 Å². The highest BCUT2D eigenvalue weighted by molar-refractivity contribution is 8.13. The van der Waals surface area contributed by atoms with E-state index in [0.29, 0.717) is 11.7 Å². The quantitative estimate of drug-likeness (QED) is 0.730. The van der Waals surface area contributed by atoms with Crippen LogP contribution in [0.15, 0.2) is 5.16 Å². The summed E-state index contributed by atoms with van der Waals surface area (Å²) in [6, 6.07) is -0.113. The fourth-order valence-electron chi connectivity index (χ4n) is 2.29. The number of hydrogen-bond donors (Lipinski definition) is 1. The molecular formula is C13H23ClN6O2S. The summed E-state index contributed by atoms with van der Waals surface area (Å²) in [5, 5.41) is 14.4. The maximum absolute atomic E-state index is 12.4. The molecule has 1 amide bonds. The Morgan fingerprint density at radius 2 is 2.26 bits per heavy atom. The third-order valence-electron chi connectivity index (χ3n) is 3.60. The average molecular weight is 363 g/mol. The van der Waals surface area contributed by atoms with Gasteiger partial charge in [-0.05, 0) is 36.2 Å². The standard InChI is InChI=1S/C13H22N6O2S.ClH/c1-3-4-8-19(9-11(20)10-6-5-7-14-10)13(21)22-12-15-16-17-18(12)2;/h10,14H,3-9H2,1-2H3;1H/t10-;/m0./s1. The molecule has 1 aliphatic rings. The van der Waals surface area contributed by atoms with E-state index < -0.39 is 0 Å². The highest BCUT2D eigenvalue weighted by atomic mass is 35.5. The van der Waals surface area contributed by atoms with Gasteiger partial charge in [0.15, 0.2) is 5.78 Å². The first-order valence-electron chi connectivity index (χ1n) is 7.57. The molecule has 2 heterocycles. The largest absolute Gasteiger partial charge is 0.326 e. The minimum absolute atomic E-state index is 0. The van der Waals surface area contributed by atoms with E-state index in [1.165, 1.54) is 4.68 Å². The lowest BCUT2D eigenvalue weighted by molar-refractivity contribution is -0.121. The van der Waals surface area contributed by atoms with E-state index in [1.54, 1.807) is 11.9 Å². The molecule has 130 valence electrons. The molecule has 2 rings (SSSR count). The van der Waals surface area contributed by atoms with E-state index >= 15 is 0 Å². The van der Waals surface area contributed by atoms with Crippen LogP contribution in [0.25, 0.3) is 0 Å². The monoisotopic (exact) mass is 362 g/mol. The zero-order valence-corrected chi connectivity index (χ0v) is 15.0. The second-order valence-electron chi connectivity index (χ2n) is 5.34. The lowest BCUT2D eigenvalue weighted by Gasteiger charge is -2.22.